The standard InChI is InChI=1S/C15H26O7/c1-7-19-12(17)15(9-21-11(3)16,13(18)20-8-2)10-22-14(4,5)6/h7-10H2,1-6H3. The SMILES string of the molecule is CCOC(=O)C(COC(C)=O)(COC(C)(C)C)C(=O)OCC. The van der Waals surface area contributed by atoms with Crippen LogP contribution >= 0.6 is 0 Å². The quantitative estimate of drug-likeness (QED) is 0.380. The molecule has 0 unspecified atom stereocenters. The van der Waals surface area contributed by atoms with E-state index in [1.165, 1.54) is 6.92 Å². The summed E-state index contributed by atoms with van der Waals surface area (Å²) in [7, 11) is 0. The summed E-state index contributed by atoms with van der Waals surface area (Å²) in [6, 6.07) is 0. The van der Waals surface area contributed by atoms with Gasteiger partial charge >= 0.3 is 17.9 Å². The topological polar surface area (TPSA) is 88.1 Å². The number of carbonyl (C=O) groups excluding carboxylic acids is 3. The lowest BCUT2D eigenvalue weighted by molar-refractivity contribution is -0.187. The van der Waals surface area contributed by atoms with Gasteiger partial charge in [-0.2, -0.15) is 0 Å². The summed E-state index contributed by atoms with van der Waals surface area (Å²) >= 11 is 0. The van der Waals surface area contributed by atoms with E-state index in [4.69, 9.17) is 18.9 Å². The van der Waals surface area contributed by atoms with E-state index in [1.54, 1.807) is 34.6 Å². The third kappa shape index (κ3) is 6.43. The molecule has 0 aromatic carbocycles. The van der Waals surface area contributed by atoms with Crippen molar-refractivity contribution in [3.8, 4) is 0 Å². The fraction of sp³-hybridized carbons (Fsp3) is 0.800. The molecule has 0 spiro atoms. The maximum absolute atomic E-state index is 12.3. The molecule has 7 nitrogen and oxygen atoms in total. The van der Waals surface area contributed by atoms with Crippen molar-refractivity contribution in [3.63, 3.8) is 0 Å². The molecular formula is C15H26O7. The zero-order chi connectivity index (χ0) is 17.4. The summed E-state index contributed by atoms with van der Waals surface area (Å²) in [5, 5.41) is 0. The van der Waals surface area contributed by atoms with Crippen LogP contribution in [-0.4, -0.2) is 49.9 Å². The summed E-state index contributed by atoms with van der Waals surface area (Å²) in [4.78, 5) is 35.7. The van der Waals surface area contributed by atoms with Crippen LogP contribution in [0.3, 0.4) is 0 Å². The Bertz CT molecular complexity index is 377. The van der Waals surface area contributed by atoms with Gasteiger partial charge in [-0.1, -0.05) is 0 Å². The van der Waals surface area contributed by atoms with Crippen molar-refractivity contribution in [2.24, 2.45) is 5.41 Å². The maximum Gasteiger partial charge on any atom is 0.329 e. The van der Waals surface area contributed by atoms with Gasteiger partial charge in [0.05, 0.1) is 25.4 Å². The molecule has 0 aliphatic carbocycles. The van der Waals surface area contributed by atoms with Gasteiger partial charge in [0.25, 0.3) is 0 Å². The molecule has 0 radical (unpaired) electrons. The molecule has 0 N–H and O–H groups in total. The van der Waals surface area contributed by atoms with Crippen molar-refractivity contribution in [3.05, 3.63) is 0 Å². The molecule has 0 heterocycles. The first-order valence-corrected chi connectivity index (χ1v) is 7.20. The highest BCUT2D eigenvalue weighted by atomic mass is 16.6. The van der Waals surface area contributed by atoms with Crippen molar-refractivity contribution >= 4 is 17.9 Å². The molecule has 0 atom stereocenters. The van der Waals surface area contributed by atoms with Gasteiger partial charge in [0, 0.05) is 6.92 Å². The number of rotatable bonds is 8. The highest BCUT2D eigenvalue weighted by molar-refractivity contribution is 6.00. The lowest BCUT2D eigenvalue weighted by Crippen LogP contribution is -2.50. The minimum Gasteiger partial charge on any atom is -0.465 e. The Kier molecular flexibility index (Phi) is 8.08. The monoisotopic (exact) mass is 318 g/mol. The van der Waals surface area contributed by atoms with E-state index in [1.807, 2.05) is 0 Å². The fourth-order valence-electron chi connectivity index (χ4n) is 1.46. The van der Waals surface area contributed by atoms with Crippen molar-refractivity contribution in [2.45, 2.75) is 47.1 Å². The van der Waals surface area contributed by atoms with Crippen molar-refractivity contribution in [1.29, 1.82) is 0 Å². The van der Waals surface area contributed by atoms with Crippen LogP contribution in [-0.2, 0) is 33.3 Å². The average molecular weight is 318 g/mol. The van der Waals surface area contributed by atoms with Crippen molar-refractivity contribution in [1.82, 2.24) is 0 Å². The van der Waals surface area contributed by atoms with E-state index in [0.29, 0.717) is 0 Å². The van der Waals surface area contributed by atoms with Gasteiger partial charge in [-0.3, -0.25) is 14.4 Å². The molecule has 0 aliphatic heterocycles. The molecule has 0 amide bonds. The summed E-state index contributed by atoms with van der Waals surface area (Å²) in [5.41, 5.74) is -2.43. The van der Waals surface area contributed by atoms with Crippen LogP contribution in [0.2, 0.25) is 0 Å². The lowest BCUT2D eigenvalue weighted by atomic mass is 9.89. The second-order valence-corrected chi connectivity index (χ2v) is 5.70. The molecular weight excluding hydrogens is 292 g/mol. The average Bonchev–Trinajstić information content (AvgIpc) is 2.38. The van der Waals surface area contributed by atoms with E-state index < -0.39 is 35.5 Å². The minimum absolute atomic E-state index is 0.0789. The smallest absolute Gasteiger partial charge is 0.329 e. The molecule has 0 aliphatic rings. The van der Waals surface area contributed by atoms with E-state index in [9.17, 15) is 14.4 Å². The van der Waals surface area contributed by atoms with Crippen LogP contribution in [0.15, 0.2) is 0 Å². The Morgan fingerprint density at radius 3 is 1.59 bits per heavy atom. The minimum atomic E-state index is -1.83. The van der Waals surface area contributed by atoms with E-state index in [0.717, 1.165) is 0 Å². The number of carbonyl (C=O) groups is 3. The van der Waals surface area contributed by atoms with Crippen molar-refractivity contribution < 1.29 is 33.3 Å². The van der Waals surface area contributed by atoms with Gasteiger partial charge in [-0.25, -0.2) is 0 Å². The van der Waals surface area contributed by atoms with Gasteiger partial charge in [-0.15, -0.1) is 0 Å². The van der Waals surface area contributed by atoms with Crippen LogP contribution in [0.1, 0.15) is 41.5 Å². The van der Waals surface area contributed by atoms with Gasteiger partial charge in [0.1, 0.15) is 6.61 Å². The van der Waals surface area contributed by atoms with E-state index in [-0.39, 0.29) is 19.8 Å². The lowest BCUT2D eigenvalue weighted by Gasteiger charge is -2.31. The maximum atomic E-state index is 12.3. The van der Waals surface area contributed by atoms with E-state index in [2.05, 4.69) is 0 Å². The largest absolute Gasteiger partial charge is 0.465 e. The molecule has 0 saturated carbocycles. The summed E-state index contributed by atoms with van der Waals surface area (Å²) in [5.74, 6) is -2.29. The Labute approximate surface area is 131 Å². The van der Waals surface area contributed by atoms with E-state index >= 15 is 0 Å². The molecule has 7 heteroatoms. The molecule has 22 heavy (non-hydrogen) atoms. The predicted octanol–water partition coefficient (Wildman–Crippen LogP) is 1.48. The van der Waals surface area contributed by atoms with Crippen molar-refractivity contribution in [2.75, 3.05) is 26.4 Å². The predicted molar refractivity (Wildman–Crippen MR) is 78.0 cm³/mol. The van der Waals surface area contributed by atoms with Gasteiger partial charge in [0.15, 0.2) is 0 Å². The number of hydrogen-bond acceptors (Lipinski definition) is 7. The normalized spacial score (nSPS) is 11.7. The summed E-state index contributed by atoms with van der Waals surface area (Å²) in [6.07, 6.45) is 0. The molecule has 0 fully saturated rings. The Morgan fingerprint density at radius 1 is 0.818 bits per heavy atom. The first-order chi connectivity index (χ1) is 10.1. The third-order valence-electron chi connectivity index (χ3n) is 2.61. The molecule has 0 saturated heterocycles. The Balaban J connectivity index is 5.51. The first-order valence-electron chi connectivity index (χ1n) is 7.20. The Morgan fingerprint density at radius 2 is 1.27 bits per heavy atom. The van der Waals surface area contributed by atoms with Crippen LogP contribution in [0.5, 0.6) is 0 Å². The summed E-state index contributed by atoms with van der Waals surface area (Å²) < 4.78 is 20.4. The highest BCUT2D eigenvalue weighted by Crippen LogP contribution is 2.26. The summed E-state index contributed by atoms with van der Waals surface area (Å²) in [6.45, 7) is 9.11. The number of esters is 3. The van der Waals surface area contributed by atoms with Crippen LogP contribution in [0.25, 0.3) is 0 Å². The van der Waals surface area contributed by atoms with Gasteiger partial charge in [0.2, 0.25) is 5.41 Å². The van der Waals surface area contributed by atoms with Gasteiger partial charge < -0.3 is 18.9 Å². The third-order valence-corrected chi connectivity index (χ3v) is 2.61. The second kappa shape index (κ2) is 8.73. The Hall–Kier alpha value is -1.63. The molecule has 128 valence electrons. The van der Waals surface area contributed by atoms with Crippen LogP contribution in [0, 0.1) is 5.41 Å². The number of hydrogen-bond donors (Lipinski definition) is 0. The highest BCUT2D eigenvalue weighted by Gasteiger charge is 2.51. The zero-order valence-electron chi connectivity index (χ0n) is 14.2. The molecule has 0 rings (SSSR count). The van der Waals surface area contributed by atoms with Crippen LogP contribution < -0.4 is 0 Å². The first kappa shape index (κ1) is 20.4. The zero-order valence-corrected chi connectivity index (χ0v) is 14.2. The van der Waals surface area contributed by atoms with Gasteiger partial charge in [-0.05, 0) is 34.6 Å². The molecule has 0 aromatic heterocycles. The molecule has 0 aromatic rings. The number of ether oxygens (including phenoxy) is 4. The van der Waals surface area contributed by atoms with Crippen LogP contribution in [0.4, 0.5) is 0 Å². The second-order valence-electron chi connectivity index (χ2n) is 5.70. The fourth-order valence-corrected chi connectivity index (χ4v) is 1.46. The molecule has 0 bridgehead atoms.